The van der Waals surface area contributed by atoms with Gasteiger partial charge in [0.1, 0.15) is 0 Å². The second-order valence-corrected chi connectivity index (χ2v) is 5.35. The van der Waals surface area contributed by atoms with Crippen LogP contribution in [0.5, 0.6) is 0 Å². The summed E-state index contributed by atoms with van der Waals surface area (Å²) < 4.78 is 4.15. The van der Waals surface area contributed by atoms with Gasteiger partial charge in [-0.1, -0.05) is 61.5 Å². The van der Waals surface area contributed by atoms with Gasteiger partial charge in [0.2, 0.25) is 10.2 Å². The van der Waals surface area contributed by atoms with E-state index in [1.54, 1.807) is 25.1 Å². The van der Waals surface area contributed by atoms with Crippen molar-refractivity contribution in [2.75, 3.05) is 6.61 Å². The fourth-order valence-electron chi connectivity index (χ4n) is 1.69. The fraction of sp³-hybridized carbons (Fsp3) is 0.211. The molecule has 0 spiro atoms. The fourth-order valence-corrected chi connectivity index (χ4v) is 2.05. The van der Waals surface area contributed by atoms with E-state index < -0.39 is 0 Å². The van der Waals surface area contributed by atoms with E-state index in [0.717, 1.165) is 17.5 Å². The third-order valence-electron chi connectivity index (χ3n) is 2.88. The normalized spacial score (nSPS) is 8.80. The Morgan fingerprint density at radius 3 is 1.80 bits per heavy atom. The van der Waals surface area contributed by atoms with Gasteiger partial charge in [0.05, 0.1) is 6.61 Å². The minimum atomic E-state index is -0.185. The van der Waals surface area contributed by atoms with E-state index in [2.05, 4.69) is 30.0 Å². The lowest BCUT2D eigenvalue weighted by Gasteiger charge is -2.00. The molecule has 25 heavy (non-hydrogen) atoms. The molecular formula is C19H22O4S2. The lowest BCUT2D eigenvalue weighted by Crippen LogP contribution is -1.94. The van der Waals surface area contributed by atoms with Crippen molar-refractivity contribution >= 4 is 42.0 Å². The van der Waals surface area contributed by atoms with Crippen LogP contribution in [0.25, 0.3) is 0 Å². The van der Waals surface area contributed by atoms with Crippen LogP contribution in [0, 0.1) is 0 Å². The van der Waals surface area contributed by atoms with Crippen molar-refractivity contribution in [3.8, 4) is 0 Å². The summed E-state index contributed by atoms with van der Waals surface area (Å²) in [6, 6.07) is 16.5. The molecule has 0 atom stereocenters. The zero-order valence-corrected chi connectivity index (χ0v) is 16.0. The summed E-state index contributed by atoms with van der Waals surface area (Å²) >= 11 is 7.42. The third-order valence-corrected chi connectivity index (χ3v) is 3.38. The highest BCUT2D eigenvalue weighted by molar-refractivity contribution is 7.97. The molecule has 0 aromatic heterocycles. The summed E-state index contributed by atoms with van der Waals surface area (Å²) in [6.07, 6.45) is 0.877. The van der Waals surface area contributed by atoms with Gasteiger partial charge in [-0.05, 0) is 18.9 Å². The van der Waals surface area contributed by atoms with E-state index in [-0.39, 0.29) is 10.2 Å². The van der Waals surface area contributed by atoms with Crippen LogP contribution >= 0.6 is 25.3 Å². The smallest absolute Gasteiger partial charge is 0.293 e. The molecule has 0 heterocycles. The molecule has 0 radical (unpaired) electrons. The summed E-state index contributed by atoms with van der Waals surface area (Å²) in [5, 5.41) is -0.335. The molecule has 2 aromatic rings. The zero-order valence-electron chi connectivity index (χ0n) is 14.2. The number of carbonyl (C=O) groups is 3. The van der Waals surface area contributed by atoms with E-state index >= 15 is 0 Å². The van der Waals surface area contributed by atoms with E-state index in [9.17, 15) is 14.4 Å². The van der Waals surface area contributed by atoms with E-state index in [0.29, 0.717) is 18.6 Å². The summed E-state index contributed by atoms with van der Waals surface area (Å²) in [7, 11) is 0. The van der Waals surface area contributed by atoms with Crippen LogP contribution in [0.1, 0.15) is 40.1 Å². The largest absolute Gasteiger partial charge is 0.468 e. The quantitative estimate of drug-likeness (QED) is 0.603. The van der Waals surface area contributed by atoms with Gasteiger partial charge < -0.3 is 4.74 Å². The average Bonchev–Trinajstić information content (AvgIpc) is 2.64. The Kier molecular flexibility index (Phi) is 13.1. The summed E-state index contributed by atoms with van der Waals surface area (Å²) in [5.74, 6) is 0. The molecule has 0 aliphatic carbocycles. The maximum Gasteiger partial charge on any atom is 0.293 e. The molecule has 0 unspecified atom stereocenters. The predicted molar refractivity (Wildman–Crippen MR) is 107 cm³/mol. The van der Waals surface area contributed by atoms with Gasteiger partial charge in [0.25, 0.3) is 6.47 Å². The molecule has 0 saturated heterocycles. The first kappa shape index (κ1) is 22.9. The van der Waals surface area contributed by atoms with Crippen LogP contribution in [0.3, 0.4) is 0 Å². The van der Waals surface area contributed by atoms with E-state index in [1.165, 1.54) is 0 Å². The van der Waals surface area contributed by atoms with Gasteiger partial charge in [-0.2, -0.15) is 0 Å². The third kappa shape index (κ3) is 10.4. The van der Waals surface area contributed by atoms with Crippen molar-refractivity contribution in [3.63, 3.8) is 0 Å². The molecule has 0 saturated carbocycles. The number of hydrogen-bond acceptors (Lipinski definition) is 4. The van der Waals surface area contributed by atoms with Gasteiger partial charge in [0, 0.05) is 11.1 Å². The molecule has 2 aromatic carbocycles. The van der Waals surface area contributed by atoms with Crippen LogP contribution in [0.4, 0.5) is 0 Å². The maximum absolute atomic E-state index is 10.9. The highest BCUT2D eigenvalue weighted by atomic mass is 32.1. The Bertz CT molecular complexity index is 657. The van der Waals surface area contributed by atoms with Crippen molar-refractivity contribution in [3.05, 3.63) is 71.3 Å². The minimum Gasteiger partial charge on any atom is -0.468 e. The molecular weight excluding hydrogens is 356 g/mol. The highest BCUT2D eigenvalue weighted by Crippen LogP contribution is 2.11. The number of carbonyl (C=O) groups excluding carboxylic acids is 3. The first-order chi connectivity index (χ1) is 12.0. The molecule has 4 nitrogen and oxygen atoms in total. The van der Waals surface area contributed by atoms with Gasteiger partial charge >= 0.3 is 0 Å². The molecule has 0 N–H and O–H groups in total. The summed E-state index contributed by atoms with van der Waals surface area (Å²) in [5.41, 5.74) is 2.42. The molecule has 0 aliphatic heterocycles. The van der Waals surface area contributed by atoms with Crippen LogP contribution in [0.2, 0.25) is 0 Å². The number of thiol groups is 2. The Hall–Kier alpha value is -2.05. The van der Waals surface area contributed by atoms with Gasteiger partial charge in [0.15, 0.2) is 0 Å². The minimum absolute atomic E-state index is 0.151. The second-order valence-electron chi connectivity index (χ2n) is 4.54. The average molecular weight is 379 g/mol. The molecule has 0 amide bonds. The SMILES string of the molecule is CCOC=O.CCc1ccccc1C(=O)S.O=C(S)c1ccccc1. The van der Waals surface area contributed by atoms with Crippen LogP contribution in [0.15, 0.2) is 54.6 Å². The predicted octanol–water partition coefficient (Wildman–Crippen LogP) is 4.25. The standard InChI is InChI=1S/C9H10OS.C7H6OS.C3H6O2/c1-2-7-5-3-4-6-8(7)9(10)11;8-7(9)6-4-2-1-3-5-6;1-2-5-3-4/h3-6H,2H2,1H3,(H,10,11);1-5H,(H,8,9);3H,2H2,1H3. The monoisotopic (exact) mass is 378 g/mol. The summed E-state index contributed by atoms with van der Waals surface area (Å²) in [6.45, 7) is 4.69. The lowest BCUT2D eigenvalue weighted by atomic mass is 10.1. The first-order valence-electron chi connectivity index (χ1n) is 7.62. The molecule has 6 heteroatoms. The topological polar surface area (TPSA) is 60.4 Å². The van der Waals surface area contributed by atoms with Gasteiger partial charge in [-0.3, -0.25) is 14.4 Å². The number of rotatable bonds is 5. The Balaban J connectivity index is 0.000000372. The maximum atomic E-state index is 10.9. The van der Waals surface area contributed by atoms with Crippen molar-refractivity contribution in [2.24, 2.45) is 0 Å². The Morgan fingerprint density at radius 2 is 1.48 bits per heavy atom. The van der Waals surface area contributed by atoms with E-state index in [1.807, 2.05) is 43.3 Å². The lowest BCUT2D eigenvalue weighted by molar-refractivity contribution is -0.128. The van der Waals surface area contributed by atoms with Crippen LogP contribution < -0.4 is 0 Å². The molecule has 0 fully saturated rings. The number of hydrogen-bond donors (Lipinski definition) is 2. The number of benzene rings is 2. The van der Waals surface area contributed by atoms with Gasteiger partial charge in [-0.25, -0.2) is 0 Å². The van der Waals surface area contributed by atoms with Gasteiger partial charge in [-0.15, -0.1) is 25.3 Å². The second kappa shape index (κ2) is 14.3. The summed E-state index contributed by atoms with van der Waals surface area (Å²) in [4.78, 5) is 30.6. The van der Waals surface area contributed by atoms with E-state index in [4.69, 9.17) is 0 Å². The van der Waals surface area contributed by atoms with Crippen LogP contribution in [-0.2, 0) is 16.0 Å². The number of ether oxygens (including phenoxy) is 1. The van der Waals surface area contributed by atoms with Crippen LogP contribution in [-0.4, -0.2) is 23.3 Å². The Labute approximate surface area is 159 Å². The molecule has 0 bridgehead atoms. The molecule has 0 aliphatic rings. The van der Waals surface area contributed by atoms with Crippen molar-refractivity contribution in [2.45, 2.75) is 20.3 Å². The number of aryl methyl sites for hydroxylation is 1. The molecule has 2 rings (SSSR count). The highest BCUT2D eigenvalue weighted by Gasteiger charge is 2.03. The zero-order chi connectivity index (χ0) is 19.1. The first-order valence-corrected chi connectivity index (χ1v) is 8.52. The van der Waals surface area contributed by atoms with Crippen molar-refractivity contribution < 1.29 is 19.1 Å². The Morgan fingerprint density at radius 1 is 0.920 bits per heavy atom. The van der Waals surface area contributed by atoms with Crippen molar-refractivity contribution in [1.82, 2.24) is 0 Å². The molecule has 134 valence electrons. The van der Waals surface area contributed by atoms with Crippen molar-refractivity contribution in [1.29, 1.82) is 0 Å².